The Balaban J connectivity index is 2.17. The fourth-order valence-corrected chi connectivity index (χ4v) is 2.71. The van der Waals surface area contributed by atoms with E-state index in [0.717, 1.165) is 42.5 Å². The molecule has 2 aromatic rings. The van der Waals surface area contributed by atoms with Crippen LogP contribution < -0.4 is 5.56 Å². The highest BCUT2D eigenvalue weighted by Gasteiger charge is 2.18. The van der Waals surface area contributed by atoms with Crippen LogP contribution in [0.15, 0.2) is 23.0 Å². The average molecular weight is 285 g/mol. The highest BCUT2D eigenvalue weighted by atomic mass is 16.6. The summed E-state index contributed by atoms with van der Waals surface area (Å²) in [5.41, 5.74) is 2.91. The molecule has 1 heterocycles. The average Bonchev–Trinajstić information content (AvgIpc) is 2.47. The summed E-state index contributed by atoms with van der Waals surface area (Å²) in [6, 6.07) is 4.59. The van der Waals surface area contributed by atoms with Gasteiger partial charge >= 0.3 is 0 Å². The number of nitro benzene ring substituents is 1. The first-order valence-corrected chi connectivity index (χ1v) is 6.94. The molecule has 1 aromatic carbocycles. The third kappa shape index (κ3) is 2.44. The number of aromatic amines is 1. The van der Waals surface area contributed by atoms with Gasteiger partial charge in [0.15, 0.2) is 0 Å². The van der Waals surface area contributed by atoms with Gasteiger partial charge < -0.3 is 4.98 Å². The molecular formula is C15H15N3O3. The van der Waals surface area contributed by atoms with Gasteiger partial charge in [-0.15, -0.1) is 0 Å². The number of aromatic nitrogens is 2. The Bertz CT molecular complexity index is 780. The summed E-state index contributed by atoms with van der Waals surface area (Å²) >= 11 is 0. The van der Waals surface area contributed by atoms with Gasteiger partial charge in [0.25, 0.3) is 11.2 Å². The van der Waals surface area contributed by atoms with Gasteiger partial charge in [-0.3, -0.25) is 14.9 Å². The number of fused-ring (bicyclic) bond motifs is 1. The number of nitrogens with one attached hydrogen (secondary N) is 1. The molecule has 1 N–H and O–H groups in total. The Kier molecular flexibility index (Phi) is 3.29. The summed E-state index contributed by atoms with van der Waals surface area (Å²) in [5, 5.41) is 10.9. The highest BCUT2D eigenvalue weighted by Crippen LogP contribution is 2.26. The summed E-state index contributed by atoms with van der Waals surface area (Å²) in [6.07, 6.45) is 3.58. The predicted octanol–water partition coefficient (Wildman–Crippen LogP) is 2.53. The predicted molar refractivity (Wildman–Crippen MR) is 78.3 cm³/mol. The molecular weight excluding hydrogens is 270 g/mol. The number of hydrogen-bond acceptors (Lipinski definition) is 4. The van der Waals surface area contributed by atoms with Crippen molar-refractivity contribution >= 4 is 5.69 Å². The molecule has 0 saturated carbocycles. The second kappa shape index (κ2) is 5.12. The van der Waals surface area contributed by atoms with Crippen molar-refractivity contribution in [3.05, 3.63) is 55.5 Å². The van der Waals surface area contributed by atoms with Crippen molar-refractivity contribution in [2.75, 3.05) is 0 Å². The highest BCUT2D eigenvalue weighted by molar-refractivity contribution is 5.63. The number of non-ortho nitro benzene ring substituents is 1. The van der Waals surface area contributed by atoms with Crippen LogP contribution in [0.5, 0.6) is 0 Å². The van der Waals surface area contributed by atoms with E-state index < -0.39 is 4.92 Å². The topological polar surface area (TPSA) is 88.9 Å². The lowest BCUT2D eigenvalue weighted by Gasteiger charge is -2.15. The minimum atomic E-state index is -0.445. The molecule has 1 aromatic heterocycles. The molecule has 0 unspecified atom stereocenters. The molecule has 6 heteroatoms. The van der Waals surface area contributed by atoms with Crippen LogP contribution >= 0.6 is 0 Å². The Morgan fingerprint density at radius 3 is 2.81 bits per heavy atom. The second-order valence-electron chi connectivity index (χ2n) is 5.30. The van der Waals surface area contributed by atoms with E-state index in [1.54, 1.807) is 6.07 Å². The number of nitrogens with zero attached hydrogens (tertiary/aromatic N) is 2. The molecule has 0 aliphatic heterocycles. The van der Waals surface area contributed by atoms with Crippen molar-refractivity contribution in [1.82, 2.24) is 9.97 Å². The summed E-state index contributed by atoms with van der Waals surface area (Å²) in [7, 11) is 0. The zero-order chi connectivity index (χ0) is 15.0. The maximum atomic E-state index is 12.2. The molecule has 0 atom stereocenters. The van der Waals surface area contributed by atoms with E-state index in [-0.39, 0.29) is 11.2 Å². The number of rotatable bonds is 2. The molecule has 0 spiro atoms. The third-order valence-corrected chi connectivity index (χ3v) is 3.88. The Labute approximate surface area is 121 Å². The fraction of sp³-hybridized carbons (Fsp3) is 0.333. The molecule has 0 saturated heterocycles. The smallest absolute Gasteiger partial charge is 0.270 e. The zero-order valence-corrected chi connectivity index (χ0v) is 11.7. The summed E-state index contributed by atoms with van der Waals surface area (Å²) in [6.45, 7) is 1.85. The third-order valence-electron chi connectivity index (χ3n) is 3.88. The molecule has 0 bridgehead atoms. The molecule has 0 radical (unpaired) electrons. The molecule has 6 nitrogen and oxygen atoms in total. The minimum Gasteiger partial charge on any atom is -0.306 e. The van der Waals surface area contributed by atoms with Crippen molar-refractivity contribution in [2.24, 2.45) is 0 Å². The Hall–Kier alpha value is -2.50. The Morgan fingerprint density at radius 1 is 1.29 bits per heavy atom. The van der Waals surface area contributed by atoms with E-state index in [1.807, 2.05) is 6.92 Å². The van der Waals surface area contributed by atoms with E-state index in [1.165, 1.54) is 12.1 Å². The number of benzene rings is 1. The monoisotopic (exact) mass is 285 g/mol. The molecule has 0 amide bonds. The zero-order valence-electron chi connectivity index (χ0n) is 11.7. The van der Waals surface area contributed by atoms with E-state index in [4.69, 9.17) is 0 Å². The van der Waals surface area contributed by atoms with Gasteiger partial charge in [-0.25, -0.2) is 4.98 Å². The van der Waals surface area contributed by atoms with Gasteiger partial charge in [-0.1, -0.05) is 6.07 Å². The molecule has 1 aliphatic carbocycles. The van der Waals surface area contributed by atoms with Crippen molar-refractivity contribution in [2.45, 2.75) is 32.6 Å². The van der Waals surface area contributed by atoms with Crippen LogP contribution in [0.25, 0.3) is 11.4 Å². The standard InChI is InChI=1S/C15H15N3O3/c1-9-6-7-10(18(20)21)8-12(9)14-16-13-5-3-2-4-11(13)15(19)17-14/h6-8H,2-5H2,1H3,(H,16,17,19). The van der Waals surface area contributed by atoms with Gasteiger partial charge in [0.1, 0.15) is 5.82 Å². The minimum absolute atomic E-state index is 0.00373. The van der Waals surface area contributed by atoms with Gasteiger partial charge in [-0.05, 0) is 38.2 Å². The molecule has 108 valence electrons. The van der Waals surface area contributed by atoms with Crippen LogP contribution in [0.3, 0.4) is 0 Å². The van der Waals surface area contributed by atoms with Crippen LogP contribution in [0.1, 0.15) is 29.7 Å². The normalized spacial score (nSPS) is 13.8. The van der Waals surface area contributed by atoms with Crippen LogP contribution in [-0.4, -0.2) is 14.9 Å². The number of H-pyrrole nitrogens is 1. The van der Waals surface area contributed by atoms with Crippen LogP contribution in [0.4, 0.5) is 5.69 Å². The fourth-order valence-electron chi connectivity index (χ4n) is 2.71. The molecule has 1 aliphatic rings. The summed E-state index contributed by atoms with van der Waals surface area (Å²) in [5.74, 6) is 0.418. The van der Waals surface area contributed by atoms with E-state index in [2.05, 4.69) is 9.97 Å². The maximum Gasteiger partial charge on any atom is 0.270 e. The van der Waals surface area contributed by atoms with Crippen LogP contribution in [0, 0.1) is 17.0 Å². The van der Waals surface area contributed by atoms with Crippen LogP contribution in [-0.2, 0) is 12.8 Å². The lowest BCUT2D eigenvalue weighted by molar-refractivity contribution is -0.384. The van der Waals surface area contributed by atoms with Crippen molar-refractivity contribution < 1.29 is 4.92 Å². The second-order valence-corrected chi connectivity index (χ2v) is 5.30. The lowest BCUT2D eigenvalue weighted by atomic mass is 9.97. The van der Waals surface area contributed by atoms with Gasteiger partial charge in [-0.2, -0.15) is 0 Å². The maximum absolute atomic E-state index is 12.2. The van der Waals surface area contributed by atoms with E-state index in [9.17, 15) is 14.9 Å². The molecule has 21 heavy (non-hydrogen) atoms. The van der Waals surface area contributed by atoms with Crippen LogP contribution in [0.2, 0.25) is 0 Å². The quantitative estimate of drug-likeness (QED) is 0.678. The Morgan fingerprint density at radius 2 is 2.05 bits per heavy atom. The first kappa shape index (κ1) is 13.5. The molecule has 3 rings (SSSR count). The van der Waals surface area contributed by atoms with Crippen molar-refractivity contribution in [3.8, 4) is 11.4 Å². The van der Waals surface area contributed by atoms with Gasteiger partial charge in [0.05, 0.1) is 10.6 Å². The SMILES string of the molecule is Cc1ccc([N+](=O)[O-])cc1-c1nc2c(c(=O)[nH]1)CCCC2. The van der Waals surface area contributed by atoms with Gasteiger partial charge in [0.2, 0.25) is 0 Å². The van der Waals surface area contributed by atoms with Crippen molar-refractivity contribution in [3.63, 3.8) is 0 Å². The first-order valence-electron chi connectivity index (χ1n) is 6.94. The van der Waals surface area contributed by atoms with E-state index in [0.29, 0.717) is 11.4 Å². The number of nitro groups is 1. The van der Waals surface area contributed by atoms with E-state index >= 15 is 0 Å². The first-order chi connectivity index (χ1) is 10.1. The summed E-state index contributed by atoms with van der Waals surface area (Å²) in [4.78, 5) is 29.9. The lowest BCUT2D eigenvalue weighted by Crippen LogP contribution is -2.21. The van der Waals surface area contributed by atoms with Gasteiger partial charge in [0, 0.05) is 23.3 Å². The number of hydrogen-bond donors (Lipinski definition) is 1. The summed E-state index contributed by atoms with van der Waals surface area (Å²) < 4.78 is 0. The number of aryl methyl sites for hydroxylation is 2. The largest absolute Gasteiger partial charge is 0.306 e. The van der Waals surface area contributed by atoms with Crippen molar-refractivity contribution in [1.29, 1.82) is 0 Å². The molecule has 0 fully saturated rings.